The first kappa shape index (κ1) is 33.2. The zero-order valence-electron chi connectivity index (χ0n) is 29.1. The number of nitrogens with one attached hydrogen (secondary N) is 1. The Morgan fingerprint density at radius 1 is 1.06 bits per heavy atom. The number of esters is 1. The van der Waals surface area contributed by atoms with Crippen molar-refractivity contribution >= 4 is 60.8 Å². The Balaban J connectivity index is 1.11. The van der Waals surface area contributed by atoms with Crippen LogP contribution in [0.4, 0.5) is 21.9 Å². The van der Waals surface area contributed by atoms with Gasteiger partial charge in [-0.05, 0) is 113 Å². The van der Waals surface area contributed by atoms with Gasteiger partial charge in [-0.1, -0.05) is 34.8 Å². The van der Waals surface area contributed by atoms with Gasteiger partial charge in [-0.25, -0.2) is 14.8 Å². The summed E-state index contributed by atoms with van der Waals surface area (Å²) in [4.78, 5) is 25.9. The van der Waals surface area contributed by atoms with E-state index in [4.69, 9.17) is 24.5 Å². The third-order valence-corrected chi connectivity index (χ3v) is 12.9. The number of hydrogen-bond donors (Lipinski definition) is 1. The Morgan fingerprint density at radius 2 is 1.82 bits per heavy atom. The molecule has 11 nitrogen and oxygen atoms in total. The number of methoxy groups -OCH3 is 1. The van der Waals surface area contributed by atoms with E-state index in [-0.39, 0.29) is 6.61 Å². The summed E-state index contributed by atoms with van der Waals surface area (Å²) in [5.41, 5.74) is 4.49. The summed E-state index contributed by atoms with van der Waals surface area (Å²) in [7, 11) is 1.70. The van der Waals surface area contributed by atoms with Gasteiger partial charge in [0.2, 0.25) is 0 Å². The molecule has 9 rings (SSSR count). The number of nitrogens with zero attached hydrogens (tertiary/aromatic N) is 7. The number of aryl methyl sites for hydroxylation is 1. The standard InChI is InChI=1S/C37H44N8O3S2/c1-5-48-34(46)31-32(27-20-38-45(23(27)3)21-37-17-24-14-25(18-37)16-26(15-24)19-37)50-36(40-31)44(11-8-12-47-4)30-13-22(2)33(43-42-30)41-35-39-28-9-6-7-10-29(28)49-35/h6-7,9-10,13,20,24-26H,5,8,11-12,14-19,21H2,1-4H3,(H,39,41,43). The van der Waals surface area contributed by atoms with Crippen LogP contribution in [-0.4, -0.2) is 62.8 Å². The average Bonchev–Trinajstić information content (AvgIpc) is 3.80. The molecule has 4 saturated carbocycles. The van der Waals surface area contributed by atoms with Crippen molar-refractivity contribution in [3.8, 4) is 10.4 Å². The van der Waals surface area contributed by atoms with Gasteiger partial charge in [0.15, 0.2) is 27.6 Å². The van der Waals surface area contributed by atoms with Crippen molar-refractivity contribution in [2.24, 2.45) is 23.2 Å². The molecule has 0 saturated heterocycles. The summed E-state index contributed by atoms with van der Waals surface area (Å²) in [6.45, 7) is 8.29. The summed E-state index contributed by atoms with van der Waals surface area (Å²) >= 11 is 3.04. The van der Waals surface area contributed by atoms with Crippen LogP contribution in [0.15, 0.2) is 36.5 Å². The average molecular weight is 713 g/mol. The number of hydrogen-bond acceptors (Lipinski definition) is 12. The van der Waals surface area contributed by atoms with Gasteiger partial charge in [-0.15, -0.1) is 10.2 Å². The minimum atomic E-state index is -0.437. The molecule has 5 aromatic rings. The number of thiazole rings is 2. The van der Waals surface area contributed by atoms with Crippen LogP contribution in [0.1, 0.15) is 73.6 Å². The molecule has 4 aliphatic carbocycles. The van der Waals surface area contributed by atoms with E-state index in [0.717, 1.165) is 67.8 Å². The van der Waals surface area contributed by atoms with Gasteiger partial charge in [0.25, 0.3) is 0 Å². The van der Waals surface area contributed by atoms with Gasteiger partial charge in [0.1, 0.15) is 0 Å². The maximum Gasteiger partial charge on any atom is 0.358 e. The molecule has 0 unspecified atom stereocenters. The Kier molecular flexibility index (Phi) is 9.07. The first-order chi connectivity index (χ1) is 24.3. The molecule has 50 heavy (non-hydrogen) atoms. The SMILES string of the molecule is CCOC(=O)c1nc(N(CCCOC)c2cc(C)c(Nc3nc4ccccc4s3)nn2)sc1-c1cnn(CC23CC4CC(CC(C4)C2)C3)c1C. The maximum absolute atomic E-state index is 13.4. The van der Waals surface area contributed by atoms with Gasteiger partial charge < -0.3 is 19.7 Å². The lowest BCUT2D eigenvalue weighted by atomic mass is 9.49. The van der Waals surface area contributed by atoms with E-state index in [1.54, 1.807) is 18.4 Å². The molecule has 0 atom stereocenters. The van der Waals surface area contributed by atoms with Crippen LogP contribution >= 0.6 is 22.7 Å². The highest BCUT2D eigenvalue weighted by Crippen LogP contribution is 2.60. The van der Waals surface area contributed by atoms with E-state index in [0.29, 0.717) is 41.0 Å². The number of ether oxygens (including phenoxy) is 2. The van der Waals surface area contributed by atoms with Gasteiger partial charge >= 0.3 is 5.97 Å². The molecule has 1 N–H and O–H groups in total. The second-order valence-corrected chi connectivity index (χ2v) is 16.5. The predicted molar refractivity (Wildman–Crippen MR) is 198 cm³/mol. The number of carbonyl (C=O) groups excluding carboxylic acids is 1. The number of aromatic nitrogens is 6. The fourth-order valence-electron chi connectivity index (χ4n) is 9.00. The van der Waals surface area contributed by atoms with E-state index >= 15 is 0 Å². The van der Waals surface area contributed by atoms with Crippen LogP contribution < -0.4 is 10.2 Å². The van der Waals surface area contributed by atoms with E-state index in [2.05, 4.69) is 33.2 Å². The molecule has 4 fully saturated rings. The Labute approximate surface area is 300 Å². The van der Waals surface area contributed by atoms with Gasteiger partial charge in [-0.2, -0.15) is 5.10 Å². The number of carbonyl (C=O) groups is 1. The van der Waals surface area contributed by atoms with E-state index in [1.807, 2.05) is 49.2 Å². The van der Waals surface area contributed by atoms with Crippen LogP contribution in [-0.2, 0) is 16.0 Å². The van der Waals surface area contributed by atoms with Crippen molar-refractivity contribution in [3.05, 3.63) is 53.5 Å². The molecule has 0 spiro atoms. The molecule has 0 amide bonds. The van der Waals surface area contributed by atoms with E-state index < -0.39 is 5.97 Å². The fourth-order valence-corrected chi connectivity index (χ4v) is 11.0. The third kappa shape index (κ3) is 6.39. The smallest absolute Gasteiger partial charge is 0.358 e. The molecule has 262 valence electrons. The van der Waals surface area contributed by atoms with Gasteiger partial charge in [0.05, 0.1) is 27.9 Å². The van der Waals surface area contributed by atoms with Crippen molar-refractivity contribution < 1.29 is 14.3 Å². The highest BCUT2D eigenvalue weighted by atomic mass is 32.1. The highest BCUT2D eigenvalue weighted by molar-refractivity contribution is 7.22. The maximum atomic E-state index is 13.4. The molecule has 0 aliphatic heterocycles. The zero-order valence-corrected chi connectivity index (χ0v) is 30.8. The number of rotatable bonds is 13. The van der Waals surface area contributed by atoms with Crippen molar-refractivity contribution in [2.45, 2.75) is 72.3 Å². The molecule has 0 radical (unpaired) electrons. The minimum absolute atomic E-state index is 0.265. The van der Waals surface area contributed by atoms with Crippen molar-refractivity contribution in [3.63, 3.8) is 0 Å². The summed E-state index contributed by atoms with van der Waals surface area (Å²) < 4.78 is 14.2. The Bertz CT molecular complexity index is 1950. The van der Waals surface area contributed by atoms with Gasteiger partial charge in [-0.3, -0.25) is 4.68 Å². The van der Waals surface area contributed by atoms with Gasteiger partial charge in [0, 0.05) is 38.1 Å². The molecule has 4 aromatic heterocycles. The molecular formula is C37H44N8O3S2. The molecule has 1 aromatic carbocycles. The second kappa shape index (κ2) is 13.6. The summed E-state index contributed by atoms with van der Waals surface area (Å²) in [5, 5.41) is 18.9. The number of fused-ring (bicyclic) bond motifs is 1. The topological polar surface area (TPSA) is 120 Å². The second-order valence-electron chi connectivity index (χ2n) is 14.5. The number of anilines is 4. The lowest BCUT2D eigenvalue weighted by Gasteiger charge is -2.56. The Hall–Kier alpha value is -3.94. The van der Waals surface area contributed by atoms with E-state index in [9.17, 15) is 4.79 Å². The first-order valence-electron chi connectivity index (χ1n) is 17.8. The minimum Gasteiger partial charge on any atom is -0.461 e. The lowest BCUT2D eigenvalue weighted by Crippen LogP contribution is -2.48. The molecule has 4 heterocycles. The zero-order chi connectivity index (χ0) is 34.4. The predicted octanol–water partition coefficient (Wildman–Crippen LogP) is 8.33. The summed E-state index contributed by atoms with van der Waals surface area (Å²) in [6.07, 6.45) is 10.9. The summed E-state index contributed by atoms with van der Waals surface area (Å²) in [6, 6.07) is 10.0. The molecule has 4 bridgehead atoms. The van der Waals surface area contributed by atoms with Crippen LogP contribution in [0.3, 0.4) is 0 Å². The molecule has 13 heteroatoms. The molecule has 4 aliphatic rings. The summed E-state index contributed by atoms with van der Waals surface area (Å²) in [5.74, 6) is 3.47. The molecular weight excluding hydrogens is 669 g/mol. The normalized spacial score (nSPS) is 22.4. The quantitative estimate of drug-likeness (QED) is 0.0942. The lowest BCUT2D eigenvalue weighted by molar-refractivity contribution is -0.0638. The van der Waals surface area contributed by atoms with Crippen LogP contribution in [0, 0.1) is 37.0 Å². The monoisotopic (exact) mass is 712 g/mol. The van der Waals surface area contributed by atoms with Crippen molar-refractivity contribution in [1.29, 1.82) is 0 Å². The largest absolute Gasteiger partial charge is 0.461 e. The van der Waals surface area contributed by atoms with E-state index in [1.165, 1.54) is 49.9 Å². The Morgan fingerprint density at radius 3 is 2.52 bits per heavy atom. The van der Waals surface area contributed by atoms with Crippen molar-refractivity contribution in [2.75, 3.05) is 37.1 Å². The van der Waals surface area contributed by atoms with Crippen LogP contribution in [0.2, 0.25) is 0 Å². The highest BCUT2D eigenvalue weighted by Gasteiger charge is 2.51. The van der Waals surface area contributed by atoms with Crippen LogP contribution in [0.5, 0.6) is 0 Å². The third-order valence-electron chi connectivity index (χ3n) is 10.8. The number of para-hydroxylation sites is 1. The number of benzene rings is 1. The van der Waals surface area contributed by atoms with Crippen LogP contribution in [0.25, 0.3) is 20.7 Å². The first-order valence-corrected chi connectivity index (χ1v) is 19.4. The van der Waals surface area contributed by atoms with Crippen molar-refractivity contribution in [1.82, 2.24) is 29.9 Å². The fraction of sp³-hybridized carbons (Fsp3) is 0.514.